The molecule has 1 saturated carbocycles. The van der Waals surface area contributed by atoms with Crippen molar-refractivity contribution < 1.29 is 0 Å². The van der Waals surface area contributed by atoms with E-state index in [1.165, 1.54) is 25.8 Å². The van der Waals surface area contributed by atoms with Gasteiger partial charge >= 0.3 is 0 Å². The van der Waals surface area contributed by atoms with Crippen LogP contribution in [0.15, 0.2) is 0 Å². The van der Waals surface area contributed by atoms with Gasteiger partial charge in [-0.15, -0.1) is 0 Å². The molecule has 0 spiro atoms. The first kappa shape index (κ1) is 13.5. The van der Waals surface area contributed by atoms with Crippen LogP contribution in [0.4, 0.5) is 0 Å². The van der Waals surface area contributed by atoms with E-state index in [9.17, 15) is 0 Å². The van der Waals surface area contributed by atoms with Crippen LogP contribution in [0.1, 0.15) is 39.5 Å². The molecule has 3 heteroatoms. The van der Waals surface area contributed by atoms with Crippen molar-refractivity contribution in [2.45, 2.75) is 45.6 Å². The lowest BCUT2D eigenvalue weighted by atomic mass is 10.1. The fourth-order valence-corrected chi connectivity index (χ4v) is 2.49. The van der Waals surface area contributed by atoms with Crippen molar-refractivity contribution in [2.75, 3.05) is 26.2 Å². The Morgan fingerprint density at radius 2 is 2.06 bits per heavy atom. The van der Waals surface area contributed by atoms with Crippen molar-refractivity contribution in [3.8, 4) is 6.07 Å². The smallest absolute Gasteiger partial charge is 0.0672 e. The van der Waals surface area contributed by atoms with Crippen LogP contribution < -0.4 is 5.32 Å². The molecule has 0 heterocycles. The summed E-state index contributed by atoms with van der Waals surface area (Å²) in [6, 6.07) is 2.87. The predicted octanol–water partition coefficient (Wildman–Crippen LogP) is 2.00. The summed E-state index contributed by atoms with van der Waals surface area (Å²) in [6.45, 7) is 8.92. The molecule has 0 aromatic rings. The minimum Gasteiger partial charge on any atom is -0.313 e. The Labute approximate surface area is 99.8 Å². The quantitative estimate of drug-likeness (QED) is 0.671. The highest BCUT2D eigenvalue weighted by atomic mass is 15.1. The van der Waals surface area contributed by atoms with E-state index < -0.39 is 0 Å². The van der Waals surface area contributed by atoms with Crippen molar-refractivity contribution >= 4 is 0 Å². The van der Waals surface area contributed by atoms with Crippen molar-refractivity contribution in [3.63, 3.8) is 0 Å². The van der Waals surface area contributed by atoms with Crippen LogP contribution in [-0.4, -0.2) is 37.1 Å². The number of nitrogens with zero attached hydrogens (tertiary/aromatic N) is 2. The zero-order chi connectivity index (χ0) is 11.8. The molecule has 1 aliphatic carbocycles. The summed E-state index contributed by atoms with van der Waals surface area (Å²) < 4.78 is 0. The van der Waals surface area contributed by atoms with Gasteiger partial charge in [0.2, 0.25) is 0 Å². The molecular formula is C13H25N3. The molecule has 3 nitrogen and oxygen atoms in total. The molecule has 1 N–H and O–H groups in total. The molecule has 1 aliphatic rings. The van der Waals surface area contributed by atoms with Gasteiger partial charge in [-0.2, -0.15) is 5.26 Å². The highest BCUT2D eigenvalue weighted by Gasteiger charge is 2.25. The third kappa shape index (κ3) is 4.11. The van der Waals surface area contributed by atoms with E-state index in [0.29, 0.717) is 6.04 Å². The first-order valence-electron chi connectivity index (χ1n) is 6.67. The van der Waals surface area contributed by atoms with Gasteiger partial charge in [-0.25, -0.2) is 0 Å². The van der Waals surface area contributed by atoms with E-state index in [1.807, 2.05) is 0 Å². The Hall–Kier alpha value is -0.590. The Morgan fingerprint density at radius 1 is 1.31 bits per heavy atom. The van der Waals surface area contributed by atoms with Crippen LogP contribution in [0.25, 0.3) is 0 Å². The van der Waals surface area contributed by atoms with Crippen LogP contribution in [0.2, 0.25) is 0 Å². The van der Waals surface area contributed by atoms with E-state index in [4.69, 9.17) is 5.26 Å². The van der Waals surface area contributed by atoms with Crippen LogP contribution in [0.5, 0.6) is 0 Å². The topological polar surface area (TPSA) is 39.1 Å². The zero-order valence-corrected chi connectivity index (χ0v) is 10.7. The molecule has 0 aromatic heterocycles. The third-order valence-electron chi connectivity index (χ3n) is 3.63. The third-order valence-corrected chi connectivity index (χ3v) is 3.63. The van der Waals surface area contributed by atoms with Crippen molar-refractivity contribution in [1.29, 1.82) is 5.26 Å². The summed E-state index contributed by atoms with van der Waals surface area (Å²) in [5.74, 6) is 0.258. The molecule has 2 unspecified atom stereocenters. The summed E-state index contributed by atoms with van der Waals surface area (Å²) in [4.78, 5) is 2.44. The first-order chi connectivity index (χ1) is 7.81. The monoisotopic (exact) mass is 223 g/mol. The van der Waals surface area contributed by atoms with E-state index in [-0.39, 0.29) is 5.92 Å². The second-order valence-electron chi connectivity index (χ2n) is 4.61. The number of rotatable bonds is 7. The van der Waals surface area contributed by atoms with Gasteiger partial charge in [-0.05, 0) is 45.4 Å². The Bertz CT molecular complexity index is 218. The van der Waals surface area contributed by atoms with Gasteiger partial charge in [0.15, 0.2) is 0 Å². The predicted molar refractivity (Wildman–Crippen MR) is 67.1 cm³/mol. The second kappa shape index (κ2) is 7.65. The molecule has 16 heavy (non-hydrogen) atoms. The van der Waals surface area contributed by atoms with Crippen LogP contribution >= 0.6 is 0 Å². The first-order valence-corrected chi connectivity index (χ1v) is 6.67. The summed E-state index contributed by atoms with van der Waals surface area (Å²) in [7, 11) is 0. The van der Waals surface area contributed by atoms with E-state index >= 15 is 0 Å². The zero-order valence-electron chi connectivity index (χ0n) is 10.7. The van der Waals surface area contributed by atoms with Crippen LogP contribution in [0, 0.1) is 17.2 Å². The largest absolute Gasteiger partial charge is 0.313 e. The molecule has 1 fully saturated rings. The summed E-state index contributed by atoms with van der Waals surface area (Å²) in [5, 5.41) is 12.5. The Kier molecular flexibility index (Phi) is 6.44. The lowest BCUT2D eigenvalue weighted by Gasteiger charge is -2.19. The van der Waals surface area contributed by atoms with Gasteiger partial charge in [-0.1, -0.05) is 20.3 Å². The summed E-state index contributed by atoms with van der Waals surface area (Å²) >= 11 is 0. The number of hydrogen-bond donors (Lipinski definition) is 1. The van der Waals surface area contributed by atoms with E-state index in [2.05, 4.69) is 30.1 Å². The van der Waals surface area contributed by atoms with Gasteiger partial charge < -0.3 is 10.2 Å². The molecule has 0 radical (unpaired) electrons. The molecule has 0 aromatic carbocycles. The minimum atomic E-state index is 0.258. The van der Waals surface area contributed by atoms with E-state index in [0.717, 1.165) is 26.1 Å². The van der Waals surface area contributed by atoms with Gasteiger partial charge in [-0.3, -0.25) is 0 Å². The van der Waals surface area contributed by atoms with Crippen molar-refractivity contribution in [3.05, 3.63) is 0 Å². The molecular weight excluding hydrogens is 198 g/mol. The van der Waals surface area contributed by atoms with Gasteiger partial charge in [0.05, 0.1) is 12.0 Å². The molecule has 92 valence electrons. The second-order valence-corrected chi connectivity index (χ2v) is 4.61. The van der Waals surface area contributed by atoms with Crippen molar-refractivity contribution in [1.82, 2.24) is 10.2 Å². The van der Waals surface area contributed by atoms with Gasteiger partial charge in [0.25, 0.3) is 0 Å². The summed E-state index contributed by atoms with van der Waals surface area (Å²) in [5.41, 5.74) is 0. The van der Waals surface area contributed by atoms with E-state index in [1.54, 1.807) is 0 Å². The fraction of sp³-hybridized carbons (Fsp3) is 0.923. The standard InChI is InChI=1S/C13H25N3/c1-3-16(4-2)10-6-9-15-13-8-5-7-12(13)11-14/h12-13,15H,3-10H2,1-2H3. The number of nitrogens with one attached hydrogen (secondary N) is 1. The average Bonchev–Trinajstić information content (AvgIpc) is 2.77. The maximum absolute atomic E-state index is 8.96. The Morgan fingerprint density at radius 3 is 2.69 bits per heavy atom. The molecule has 0 aliphatic heterocycles. The lowest BCUT2D eigenvalue weighted by molar-refractivity contribution is 0.294. The number of nitriles is 1. The molecule has 0 saturated heterocycles. The number of hydrogen-bond acceptors (Lipinski definition) is 3. The lowest BCUT2D eigenvalue weighted by Crippen LogP contribution is -2.34. The molecule has 0 amide bonds. The molecule has 1 rings (SSSR count). The maximum atomic E-state index is 8.96. The molecule has 2 atom stereocenters. The fourth-order valence-electron chi connectivity index (χ4n) is 2.49. The highest BCUT2D eigenvalue weighted by molar-refractivity contribution is 4.96. The average molecular weight is 223 g/mol. The Balaban J connectivity index is 2.09. The summed E-state index contributed by atoms with van der Waals surface area (Å²) in [6.07, 6.45) is 4.68. The molecule has 0 bridgehead atoms. The van der Waals surface area contributed by atoms with Crippen molar-refractivity contribution in [2.24, 2.45) is 5.92 Å². The highest BCUT2D eigenvalue weighted by Crippen LogP contribution is 2.24. The van der Waals surface area contributed by atoms with Gasteiger partial charge in [0.1, 0.15) is 0 Å². The van der Waals surface area contributed by atoms with Crippen LogP contribution in [-0.2, 0) is 0 Å². The SMILES string of the molecule is CCN(CC)CCCNC1CCCC1C#N. The maximum Gasteiger partial charge on any atom is 0.0672 e. The van der Waals surface area contributed by atoms with Crippen LogP contribution in [0.3, 0.4) is 0 Å². The normalized spacial score (nSPS) is 24.9. The van der Waals surface area contributed by atoms with Gasteiger partial charge in [0, 0.05) is 6.04 Å². The minimum absolute atomic E-state index is 0.258.